The molecule has 0 saturated carbocycles. The predicted molar refractivity (Wildman–Crippen MR) is 96.2 cm³/mol. The van der Waals surface area contributed by atoms with Crippen LogP contribution in [-0.4, -0.2) is 28.4 Å². The van der Waals surface area contributed by atoms with Gasteiger partial charge in [0.05, 0.1) is 0 Å². The number of hydrogen-bond acceptors (Lipinski definition) is 4. The number of nitrogens with two attached hydrogens (primary N) is 1. The number of rotatable bonds is 4. The quantitative estimate of drug-likeness (QED) is 0.729. The standard InChI is InChI=1S/C17H16Cl2N4O/c18-15(19)17(23-14(24)12-9-5-2-6-10-12)16(20)21-13(22-17)11-7-3-1-4-8-11/h1-10,15-16H,20H2,(H,21,22)(H,23,24). The van der Waals surface area contributed by atoms with Gasteiger partial charge in [-0.05, 0) is 12.1 Å². The lowest BCUT2D eigenvalue weighted by Gasteiger charge is -2.35. The number of alkyl halides is 2. The second-order valence-corrected chi connectivity index (χ2v) is 6.50. The Balaban J connectivity index is 1.87. The number of halogens is 2. The summed E-state index contributed by atoms with van der Waals surface area (Å²) in [6.07, 6.45) is -0.833. The van der Waals surface area contributed by atoms with E-state index in [2.05, 4.69) is 15.6 Å². The van der Waals surface area contributed by atoms with Crippen LogP contribution in [0.25, 0.3) is 0 Å². The average molecular weight is 363 g/mol. The zero-order valence-corrected chi connectivity index (χ0v) is 14.1. The summed E-state index contributed by atoms with van der Waals surface area (Å²) in [6.45, 7) is 0. The lowest BCUT2D eigenvalue weighted by atomic mass is 10.1. The van der Waals surface area contributed by atoms with Crippen LogP contribution in [0.15, 0.2) is 65.7 Å². The third kappa shape index (κ3) is 3.11. The van der Waals surface area contributed by atoms with E-state index >= 15 is 0 Å². The molecule has 2 aromatic rings. The van der Waals surface area contributed by atoms with Gasteiger partial charge in [-0.1, -0.05) is 48.5 Å². The molecule has 4 N–H and O–H groups in total. The fourth-order valence-corrected chi connectivity index (χ4v) is 2.96. The van der Waals surface area contributed by atoms with Crippen LogP contribution in [0, 0.1) is 0 Å². The maximum Gasteiger partial charge on any atom is 0.253 e. The molecule has 1 aliphatic rings. The number of amidine groups is 1. The number of nitrogens with zero attached hydrogens (tertiary/aromatic N) is 1. The molecule has 0 radical (unpaired) electrons. The van der Waals surface area contributed by atoms with E-state index in [4.69, 9.17) is 28.9 Å². The Morgan fingerprint density at radius 1 is 1.12 bits per heavy atom. The molecule has 7 heteroatoms. The Hall–Kier alpha value is -2.08. The first-order valence-corrected chi connectivity index (χ1v) is 8.23. The molecule has 1 amide bonds. The maximum atomic E-state index is 12.5. The topological polar surface area (TPSA) is 79.5 Å². The first-order valence-electron chi connectivity index (χ1n) is 7.35. The molecule has 0 aromatic heterocycles. The largest absolute Gasteiger partial charge is 0.342 e. The Morgan fingerprint density at radius 2 is 1.71 bits per heavy atom. The van der Waals surface area contributed by atoms with Crippen molar-refractivity contribution in [3.63, 3.8) is 0 Å². The van der Waals surface area contributed by atoms with Gasteiger partial charge in [0, 0.05) is 11.1 Å². The van der Waals surface area contributed by atoms with Gasteiger partial charge in [0.2, 0.25) is 0 Å². The highest BCUT2D eigenvalue weighted by Crippen LogP contribution is 2.27. The third-order valence-electron chi connectivity index (χ3n) is 3.81. The van der Waals surface area contributed by atoms with Crippen molar-refractivity contribution < 1.29 is 4.79 Å². The molecule has 124 valence electrons. The molecule has 5 nitrogen and oxygen atoms in total. The van der Waals surface area contributed by atoms with Crippen molar-refractivity contribution in [1.29, 1.82) is 0 Å². The molecule has 0 aliphatic carbocycles. The van der Waals surface area contributed by atoms with Crippen molar-refractivity contribution in [3.8, 4) is 0 Å². The predicted octanol–water partition coefficient (Wildman–Crippen LogP) is 2.25. The summed E-state index contributed by atoms with van der Waals surface area (Å²) in [7, 11) is 0. The van der Waals surface area contributed by atoms with Crippen molar-refractivity contribution in [2.24, 2.45) is 10.7 Å². The SMILES string of the molecule is NC1N=C(c2ccccc2)NC1(NC(=O)c1ccccc1)C(Cl)Cl. The van der Waals surface area contributed by atoms with Crippen molar-refractivity contribution in [2.75, 3.05) is 0 Å². The van der Waals surface area contributed by atoms with E-state index in [0.717, 1.165) is 5.56 Å². The van der Waals surface area contributed by atoms with E-state index in [9.17, 15) is 4.79 Å². The number of hydrogen-bond donors (Lipinski definition) is 3. The maximum absolute atomic E-state index is 12.5. The fraction of sp³-hybridized carbons (Fsp3) is 0.176. The molecule has 0 fully saturated rings. The van der Waals surface area contributed by atoms with E-state index in [-0.39, 0.29) is 5.91 Å². The second-order valence-electron chi connectivity index (χ2n) is 5.40. The number of nitrogens with one attached hydrogen (secondary N) is 2. The number of amides is 1. The highest BCUT2D eigenvalue weighted by atomic mass is 35.5. The molecular weight excluding hydrogens is 347 g/mol. The van der Waals surface area contributed by atoms with Gasteiger partial charge in [0.15, 0.2) is 10.5 Å². The summed E-state index contributed by atoms with van der Waals surface area (Å²) in [5, 5.41) is 5.90. The van der Waals surface area contributed by atoms with Crippen molar-refractivity contribution >= 4 is 34.9 Å². The van der Waals surface area contributed by atoms with E-state index in [0.29, 0.717) is 11.4 Å². The van der Waals surface area contributed by atoms with Gasteiger partial charge in [-0.15, -0.1) is 23.2 Å². The number of benzene rings is 2. The molecule has 0 spiro atoms. The zero-order valence-electron chi connectivity index (χ0n) is 12.6. The van der Waals surface area contributed by atoms with Crippen LogP contribution in [0.4, 0.5) is 0 Å². The number of aliphatic imine (C=N–C) groups is 1. The lowest BCUT2D eigenvalue weighted by molar-refractivity contribution is 0.0886. The first-order chi connectivity index (χ1) is 11.5. The Morgan fingerprint density at radius 3 is 2.29 bits per heavy atom. The smallest absolute Gasteiger partial charge is 0.253 e. The highest BCUT2D eigenvalue weighted by molar-refractivity contribution is 6.45. The Labute approximate surface area is 149 Å². The Bertz CT molecular complexity index is 752. The zero-order chi connectivity index (χ0) is 17.2. The van der Waals surface area contributed by atoms with Gasteiger partial charge in [-0.3, -0.25) is 4.79 Å². The molecule has 3 rings (SSSR count). The summed E-state index contributed by atoms with van der Waals surface area (Å²) < 4.78 is 0. The molecule has 2 atom stereocenters. The van der Waals surface area contributed by atoms with E-state index in [1.807, 2.05) is 36.4 Å². The summed E-state index contributed by atoms with van der Waals surface area (Å²) in [6, 6.07) is 18.2. The van der Waals surface area contributed by atoms with Crippen LogP contribution >= 0.6 is 23.2 Å². The van der Waals surface area contributed by atoms with Crippen LogP contribution in [0.3, 0.4) is 0 Å². The minimum Gasteiger partial charge on any atom is -0.342 e. The first kappa shape index (κ1) is 16.8. The van der Waals surface area contributed by atoms with Crippen molar-refractivity contribution in [1.82, 2.24) is 10.6 Å². The molecule has 1 aliphatic heterocycles. The fourth-order valence-electron chi connectivity index (χ4n) is 2.48. The summed E-state index contributed by atoms with van der Waals surface area (Å²) in [5.74, 6) is 0.192. The number of carbonyl (C=O) groups excluding carboxylic acids is 1. The molecule has 2 aromatic carbocycles. The minimum atomic E-state index is -1.29. The van der Waals surface area contributed by atoms with Crippen LogP contribution in [-0.2, 0) is 0 Å². The van der Waals surface area contributed by atoms with Crippen molar-refractivity contribution in [3.05, 3.63) is 71.8 Å². The second kappa shape index (κ2) is 6.81. The molecule has 0 saturated heterocycles. The summed E-state index contributed by atoms with van der Waals surface area (Å²) in [4.78, 5) is 15.9. The van der Waals surface area contributed by atoms with E-state index in [1.54, 1.807) is 24.3 Å². The van der Waals surface area contributed by atoms with Crippen LogP contribution in [0.5, 0.6) is 0 Å². The molecule has 1 heterocycles. The monoisotopic (exact) mass is 362 g/mol. The highest BCUT2D eigenvalue weighted by Gasteiger charge is 2.49. The minimum absolute atomic E-state index is 0.339. The normalized spacial score (nSPS) is 22.8. The van der Waals surface area contributed by atoms with Gasteiger partial charge < -0.3 is 16.4 Å². The molecule has 2 unspecified atom stereocenters. The van der Waals surface area contributed by atoms with E-state index < -0.39 is 16.7 Å². The van der Waals surface area contributed by atoms with Crippen molar-refractivity contribution in [2.45, 2.75) is 16.7 Å². The molecule has 24 heavy (non-hydrogen) atoms. The summed E-state index contributed by atoms with van der Waals surface area (Å²) in [5.41, 5.74) is 6.16. The van der Waals surface area contributed by atoms with Gasteiger partial charge in [0.25, 0.3) is 5.91 Å². The molecular formula is C17H16Cl2N4O. The van der Waals surface area contributed by atoms with Gasteiger partial charge >= 0.3 is 0 Å². The van der Waals surface area contributed by atoms with E-state index in [1.165, 1.54) is 0 Å². The van der Waals surface area contributed by atoms with Gasteiger partial charge in [-0.25, -0.2) is 4.99 Å². The van der Waals surface area contributed by atoms with Gasteiger partial charge in [0.1, 0.15) is 12.0 Å². The Kier molecular flexibility index (Phi) is 4.76. The van der Waals surface area contributed by atoms with Crippen LogP contribution < -0.4 is 16.4 Å². The van der Waals surface area contributed by atoms with Gasteiger partial charge in [-0.2, -0.15) is 0 Å². The lowest BCUT2D eigenvalue weighted by Crippen LogP contribution is -2.69. The third-order valence-corrected chi connectivity index (χ3v) is 4.50. The summed E-state index contributed by atoms with van der Waals surface area (Å²) >= 11 is 12.3. The average Bonchev–Trinajstić information content (AvgIpc) is 2.94. The van der Waals surface area contributed by atoms with Crippen LogP contribution in [0.2, 0.25) is 0 Å². The number of carbonyl (C=O) groups is 1. The molecule has 0 bridgehead atoms. The van der Waals surface area contributed by atoms with Crippen LogP contribution in [0.1, 0.15) is 15.9 Å².